The normalized spacial score (nSPS) is 14.8. The Hall–Kier alpha value is -0.580. The van der Waals surface area contributed by atoms with E-state index in [4.69, 9.17) is 4.74 Å². The quantitative estimate of drug-likeness (QED) is 0.772. The Bertz CT molecular complexity index is 299. The Morgan fingerprint density at radius 2 is 2.25 bits per heavy atom. The molecule has 2 N–H and O–H groups in total. The van der Waals surface area contributed by atoms with E-state index in [-0.39, 0.29) is 6.10 Å². The largest absolute Gasteiger partial charge is 0.496 e. The number of nitrogens with one attached hydrogen (secondary N) is 1. The van der Waals surface area contributed by atoms with E-state index >= 15 is 0 Å². The van der Waals surface area contributed by atoms with Crippen molar-refractivity contribution in [2.75, 3.05) is 13.7 Å². The Labute approximate surface area is 101 Å². The van der Waals surface area contributed by atoms with Gasteiger partial charge in [-0.1, -0.05) is 6.92 Å². The molecule has 1 heterocycles. The molecule has 0 aromatic carbocycles. The van der Waals surface area contributed by atoms with Crippen molar-refractivity contribution in [1.29, 1.82) is 0 Å². The molecule has 0 aliphatic rings. The van der Waals surface area contributed by atoms with E-state index in [0.29, 0.717) is 5.92 Å². The lowest BCUT2D eigenvalue weighted by Gasteiger charge is -2.14. The van der Waals surface area contributed by atoms with Gasteiger partial charge < -0.3 is 15.2 Å². The number of hydrogen-bond donors (Lipinski definition) is 2. The predicted octanol–water partition coefficient (Wildman–Crippen LogP) is 2.25. The van der Waals surface area contributed by atoms with Crippen LogP contribution in [0.5, 0.6) is 5.75 Å². The number of ether oxygens (including phenoxy) is 1. The van der Waals surface area contributed by atoms with Gasteiger partial charge in [-0.3, -0.25) is 0 Å². The van der Waals surface area contributed by atoms with Crippen LogP contribution in [-0.4, -0.2) is 24.9 Å². The van der Waals surface area contributed by atoms with Gasteiger partial charge in [0, 0.05) is 6.54 Å². The van der Waals surface area contributed by atoms with Crippen molar-refractivity contribution < 1.29 is 9.84 Å². The molecule has 0 radical (unpaired) electrons. The summed E-state index contributed by atoms with van der Waals surface area (Å²) in [6, 6.07) is 1.99. The number of thiophene rings is 1. The van der Waals surface area contributed by atoms with E-state index in [1.54, 1.807) is 18.4 Å². The lowest BCUT2D eigenvalue weighted by atomic mass is 10.1. The Morgan fingerprint density at radius 1 is 1.50 bits per heavy atom. The second-order valence-electron chi connectivity index (χ2n) is 4.23. The van der Waals surface area contributed by atoms with Crippen molar-refractivity contribution in [3.63, 3.8) is 0 Å². The van der Waals surface area contributed by atoms with Crippen molar-refractivity contribution in [3.05, 3.63) is 16.3 Å². The van der Waals surface area contributed by atoms with Crippen LogP contribution in [0.4, 0.5) is 0 Å². The maximum Gasteiger partial charge on any atom is 0.134 e. The second-order valence-corrected chi connectivity index (χ2v) is 5.23. The van der Waals surface area contributed by atoms with Crippen LogP contribution >= 0.6 is 11.3 Å². The number of aliphatic hydroxyl groups excluding tert-OH is 1. The van der Waals surface area contributed by atoms with E-state index in [0.717, 1.165) is 25.3 Å². The standard InChI is InChI=1S/C12H21NO2S/c1-9(6-10(2)14)7-13-8-12-11(15-3)4-5-16-12/h4-5,9-10,13-14H,6-8H2,1-3H3. The van der Waals surface area contributed by atoms with Gasteiger partial charge in [-0.25, -0.2) is 0 Å². The topological polar surface area (TPSA) is 41.5 Å². The molecule has 0 aliphatic carbocycles. The van der Waals surface area contributed by atoms with Crippen molar-refractivity contribution in [1.82, 2.24) is 5.32 Å². The summed E-state index contributed by atoms with van der Waals surface area (Å²) in [6.07, 6.45) is 0.627. The fraction of sp³-hybridized carbons (Fsp3) is 0.667. The number of hydrogen-bond acceptors (Lipinski definition) is 4. The molecule has 0 aliphatic heterocycles. The number of rotatable bonds is 7. The third-order valence-corrected chi connectivity index (χ3v) is 3.35. The van der Waals surface area contributed by atoms with Gasteiger partial charge in [0.15, 0.2) is 0 Å². The highest BCUT2D eigenvalue weighted by molar-refractivity contribution is 7.10. The molecule has 92 valence electrons. The van der Waals surface area contributed by atoms with Gasteiger partial charge in [0.05, 0.1) is 18.1 Å². The molecule has 1 aromatic heterocycles. The van der Waals surface area contributed by atoms with Crippen LogP contribution in [0, 0.1) is 5.92 Å². The minimum atomic E-state index is -0.215. The Kier molecular flexibility index (Phi) is 5.80. The fourth-order valence-electron chi connectivity index (χ4n) is 1.74. The van der Waals surface area contributed by atoms with Crippen molar-refractivity contribution in [2.45, 2.75) is 32.9 Å². The van der Waals surface area contributed by atoms with Crippen LogP contribution in [0.25, 0.3) is 0 Å². The molecule has 0 fully saturated rings. The van der Waals surface area contributed by atoms with Gasteiger partial charge in [0.25, 0.3) is 0 Å². The van der Waals surface area contributed by atoms with Gasteiger partial charge in [-0.05, 0) is 37.3 Å². The summed E-state index contributed by atoms with van der Waals surface area (Å²) in [5.41, 5.74) is 0. The molecule has 1 rings (SSSR count). The molecule has 0 saturated heterocycles. The minimum absolute atomic E-state index is 0.215. The third kappa shape index (κ3) is 4.51. The van der Waals surface area contributed by atoms with E-state index < -0.39 is 0 Å². The van der Waals surface area contributed by atoms with E-state index in [2.05, 4.69) is 12.2 Å². The van der Waals surface area contributed by atoms with Crippen LogP contribution in [0.2, 0.25) is 0 Å². The molecule has 0 amide bonds. The zero-order chi connectivity index (χ0) is 12.0. The smallest absolute Gasteiger partial charge is 0.134 e. The summed E-state index contributed by atoms with van der Waals surface area (Å²) in [5, 5.41) is 14.7. The first-order valence-electron chi connectivity index (χ1n) is 5.62. The summed E-state index contributed by atoms with van der Waals surface area (Å²) < 4.78 is 5.24. The van der Waals surface area contributed by atoms with E-state index in [1.807, 2.05) is 18.4 Å². The molecule has 2 unspecified atom stereocenters. The highest BCUT2D eigenvalue weighted by atomic mass is 32.1. The predicted molar refractivity (Wildman–Crippen MR) is 68.0 cm³/mol. The van der Waals surface area contributed by atoms with Crippen LogP contribution in [0.15, 0.2) is 11.4 Å². The highest BCUT2D eigenvalue weighted by Gasteiger charge is 2.07. The molecule has 0 saturated carbocycles. The van der Waals surface area contributed by atoms with E-state index in [1.165, 1.54) is 4.88 Å². The summed E-state index contributed by atoms with van der Waals surface area (Å²) >= 11 is 1.70. The van der Waals surface area contributed by atoms with Gasteiger partial charge in [0.2, 0.25) is 0 Å². The van der Waals surface area contributed by atoms with Crippen LogP contribution in [0.1, 0.15) is 25.1 Å². The highest BCUT2D eigenvalue weighted by Crippen LogP contribution is 2.23. The Morgan fingerprint density at radius 3 is 2.88 bits per heavy atom. The second kappa shape index (κ2) is 6.89. The van der Waals surface area contributed by atoms with E-state index in [9.17, 15) is 5.11 Å². The maximum absolute atomic E-state index is 9.24. The van der Waals surface area contributed by atoms with Gasteiger partial charge in [-0.15, -0.1) is 11.3 Å². The van der Waals surface area contributed by atoms with Crippen molar-refractivity contribution in [2.24, 2.45) is 5.92 Å². The summed E-state index contributed by atoms with van der Waals surface area (Å²) in [7, 11) is 1.70. The van der Waals surface area contributed by atoms with Gasteiger partial charge in [0.1, 0.15) is 5.75 Å². The van der Waals surface area contributed by atoms with Crippen LogP contribution in [0.3, 0.4) is 0 Å². The zero-order valence-electron chi connectivity index (χ0n) is 10.2. The van der Waals surface area contributed by atoms with Crippen LogP contribution < -0.4 is 10.1 Å². The van der Waals surface area contributed by atoms with Crippen molar-refractivity contribution in [3.8, 4) is 5.75 Å². The molecule has 0 spiro atoms. The first kappa shape index (κ1) is 13.5. The monoisotopic (exact) mass is 243 g/mol. The lowest BCUT2D eigenvalue weighted by Crippen LogP contribution is -2.22. The number of aliphatic hydroxyl groups is 1. The number of methoxy groups -OCH3 is 1. The van der Waals surface area contributed by atoms with Crippen LogP contribution in [-0.2, 0) is 6.54 Å². The molecule has 1 aromatic rings. The molecule has 2 atom stereocenters. The molecule has 0 bridgehead atoms. The average Bonchev–Trinajstić information content (AvgIpc) is 2.64. The summed E-state index contributed by atoms with van der Waals surface area (Å²) in [6.45, 7) is 5.74. The molecular formula is C12H21NO2S. The first-order valence-corrected chi connectivity index (χ1v) is 6.50. The summed E-state index contributed by atoms with van der Waals surface area (Å²) in [4.78, 5) is 1.23. The van der Waals surface area contributed by atoms with Gasteiger partial charge >= 0.3 is 0 Å². The van der Waals surface area contributed by atoms with Gasteiger partial charge in [-0.2, -0.15) is 0 Å². The zero-order valence-corrected chi connectivity index (χ0v) is 11.0. The molecule has 16 heavy (non-hydrogen) atoms. The first-order chi connectivity index (χ1) is 7.63. The minimum Gasteiger partial charge on any atom is -0.496 e. The fourth-order valence-corrected chi connectivity index (χ4v) is 2.55. The molecular weight excluding hydrogens is 222 g/mol. The van der Waals surface area contributed by atoms with Crippen molar-refractivity contribution >= 4 is 11.3 Å². The summed E-state index contributed by atoms with van der Waals surface area (Å²) in [5.74, 6) is 1.45. The third-order valence-electron chi connectivity index (χ3n) is 2.45. The molecule has 3 nitrogen and oxygen atoms in total. The average molecular weight is 243 g/mol. The Balaban J connectivity index is 2.25. The maximum atomic E-state index is 9.24. The SMILES string of the molecule is COc1ccsc1CNCC(C)CC(C)O. The molecule has 4 heteroatoms. The lowest BCUT2D eigenvalue weighted by molar-refractivity contribution is 0.163.